The molecule has 0 saturated carbocycles. The molecule has 33 heavy (non-hydrogen) atoms. The predicted octanol–water partition coefficient (Wildman–Crippen LogP) is 1.90. The molecule has 3 heterocycles. The third-order valence-corrected chi connectivity index (χ3v) is 7.84. The molecule has 4 rings (SSSR count). The molecule has 176 valence electrons. The Bertz CT molecular complexity index is 1110. The molecule has 2 fully saturated rings. The van der Waals surface area contributed by atoms with Gasteiger partial charge in [-0.25, -0.2) is 13.4 Å². The van der Waals surface area contributed by atoms with Crippen molar-refractivity contribution >= 4 is 27.7 Å². The van der Waals surface area contributed by atoms with E-state index in [1.165, 1.54) is 28.6 Å². The first-order valence-electron chi connectivity index (χ1n) is 11.1. The van der Waals surface area contributed by atoms with Crippen molar-refractivity contribution in [1.29, 1.82) is 0 Å². The number of carbonyl (C=O) groups is 2. The van der Waals surface area contributed by atoms with Crippen LogP contribution in [-0.2, 0) is 19.6 Å². The zero-order valence-corrected chi connectivity index (χ0v) is 19.4. The lowest BCUT2D eigenvalue weighted by atomic mass is 9.96. The topological polar surface area (TPSA) is 109 Å². The molecule has 2 aliphatic heterocycles. The first-order chi connectivity index (χ1) is 15.8. The van der Waals surface area contributed by atoms with Gasteiger partial charge in [-0.05, 0) is 56.2 Å². The molecule has 0 spiro atoms. The summed E-state index contributed by atoms with van der Waals surface area (Å²) >= 11 is 0. The van der Waals surface area contributed by atoms with Crippen molar-refractivity contribution in [3.05, 3.63) is 53.7 Å². The third kappa shape index (κ3) is 5.40. The summed E-state index contributed by atoms with van der Waals surface area (Å²) in [6, 6.07) is 11.4. The number of rotatable bonds is 5. The van der Waals surface area contributed by atoms with Gasteiger partial charge in [-0.3, -0.25) is 9.59 Å². The van der Waals surface area contributed by atoms with Gasteiger partial charge in [0.25, 0.3) is 5.91 Å². The number of aryl methyl sites for hydroxylation is 1. The number of amides is 2. The standard InChI is InChI=1S/C23H28N4O5S/c1-17-4-2-6-21(24-17)25-22(28)19-5-3-11-26(16-19)23(29)18-7-9-20(10-8-18)33(30,31)27-12-14-32-15-13-27/h2,4,6-10,19H,3,5,11-16H2,1H3,(H,24,25,28). The quantitative estimate of drug-likeness (QED) is 0.712. The molecular formula is C23H28N4O5S. The molecule has 1 N–H and O–H groups in total. The Morgan fingerprint density at radius 3 is 2.48 bits per heavy atom. The van der Waals surface area contributed by atoms with Crippen molar-refractivity contribution in [3.63, 3.8) is 0 Å². The van der Waals surface area contributed by atoms with E-state index in [4.69, 9.17) is 4.74 Å². The number of piperidine rings is 1. The SMILES string of the molecule is Cc1cccc(NC(=O)C2CCCN(C(=O)c3ccc(S(=O)(=O)N4CCOCC4)cc3)C2)n1. The molecule has 1 atom stereocenters. The summed E-state index contributed by atoms with van der Waals surface area (Å²) in [6.07, 6.45) is 1.41. The number of benzene rings is 1. The van der Waals surface area contributed by atoms with E-state index in [2.05, 4.69) is 10.3 Å². The molecule has 1 aromatic heterocycles. The second-order valence-electron chi connectivity index (χ2n) is 8.28. The highest BCUT2D eigenvalue weighted by molar-refractivity contribution is 7.89. The van der Waals surface area contributed by atoms with E-state index >= 15 is 0 Å². The van der Waals surface area contributed by atoms with Crippen LogP contribution in [0, 0.1) is 12.8 Å². The van der Waals surface area contributed by atoms with Crippen molar-refractivity contribution in [3.8, 4) is 0 Å². The maximum atomic E-state index is 13.0. The lowest BCUT2D eigenvalue weighted by molar-refractivity contribution is -0.121. The molecule has 9 nitrogen and oxygen atoms in total. The van der Waals surface area contributed by atoms with Crippen molar-refractivity contribution in [2.45, 2.75) is 24.7 Å². The van der Waals surface area contributed by atoms with Gasteiger partial charge in [0.05, 0.1) is 24.0 Å². The highest BCUT2D eigenvalue weighted by Crippen LogP contribution is 2.22. The Kier molecular flexibility index (Phi) is 7.06. The summed E-state index contributed by atoms with van der Waals surface area (Å²) in [5, 5.41) is 2.84. The molecule has 1 unspecified atom stereocenters. The number of carbonyl (C=O) groups excluding carboxylic acids is 2. The maximum Gasteiger partial charge on any atom is 0.253 e. The number of hydrogen-bond acceptors (Lipinski definition) is 6. The van der Waals surface area contributed by atoms with Crippen molar-refractivity contribution in [2.24, 2.45) is 5.92 Å². The minimum atomic E-state index is -3.61. The molecule has 2 aliphatic rings. The highest BCUT2D eigenvalue weighted by Gasteiger charge is 2.30. The van der Waals surface area contributed by atoms with E-state index in [1.54, 1.807) is 11.0 Å². The number of likely N-dealkylation sites (tertiary alicyclic amines) is 1. The van der Waals surface area contributed by atoms with Gasteiger partial charge in [0.2, 0.25) is 15.9 Å². The van der Waals surface area contributed by atoms with Crippen LogP contribution < -0.4 is 5.32 Å². The molecule has 10 heteroatoms. The largest absolute Gasteiger partial charge is 0.379 e. The summed E-state index contributed by atoms with van der Waals surface area (Å²) in [5.41, 5.74) is 1.21. The van der Waals surface area contributed by atoms with Gasteiger partial charge in [0.1, 0.15) is 5.82 Å². The average molecular weight is 473 g/mol. The average Bonchev–Trinajstić information content (AvgIpc) is 2.84. The molecule has 0 radical (unpaired) electrons. The Balaban J connectivity index is 1.40. The van der Waals surface area contributed by atoms with Crippen LogP contribution in [0.25, 0.3) is 0 Å². The minimum Gasteiger partial charge on any atom is -0.379 e. The van der Waals surface area contributed by atoms with Gasteiger partial charge < -0.3 is 15.0 Å². The van der Waals surface area contributed by atoms with Crippen molar-refractivity contribution in [1.82, 2.24) is 14.2 Å². The number of nitrogens with one attached hydrogen (secondary N) is 1. The smallest absolute Gasteiger partial charge is 0.253 e. The Morgan fingerprint density at radius 2 is 1.79 bits per heavy atom. The molecule has 0 aliphatic carbocycles. The normalized spacial score (nSPS) is 19.8. The summed E-state index contributed by atoms with van der Waals surface area (Å²) in [4.78, 5) is 31.9. The van der Waals surface area contributed by atoms with Crippen LogP contribution >= 0.6 is 0 Å². The van der Waals surface area contributed by atoms with Gasteiger partial charge in [-0.15, -0.1) is 0 Å². The summed E-state index contributed by atoms with van der Waals surface area (Å²) < 4.78 is 32.2. The number of morpholine rings is 1. The molecule has 2 aromatic rings. The number of sulfonamides is 1. The van der Waals surface area contributed by atoms with Gasteiger partial charge in [-0.2, -0.15) is 4.31 Å². The van der Waals surface area contributed by atoms with E-state index in [1.807, 2.05) is 19.1 Å². The van der Waals surface area contributed by atoms with E-state index in [0.29, 0.717) is 63.6 Å². The maximum absolute atomic E-state index is 13.0. The van der Waals surface area contributed by atoms with E-state index in [-0.39, 0.29) is 22.6 Å². The van der Waals surface area contributed by atoms with Crippen LogP contribution in [0.1, 0.15) is 28.9 Å². The second-order valence-corrected chi connectivity index (χ2v) is 10.2. The number of pyridine rings is 1. The highest BCUT2D eigenvalue weighted by atomic mass is 32.2. The fourth-order valence-corrected chi connectivity index (χ4v) is 5.51. The first kappa shape index (κ1) is 23.3. The fraction of sp³-hybridized carbons (Fsp3) is 0.435. The van der Waals surface area contributed by atoms with Crippen molar-refractivity contribution in [2.75, 3.05) is 44.7 Å². The van der Waals surface area contributed by atoms with Gasteiger partial charge >= 0.3 is 0 Å². The van der Waals surface area contributed by atoms with Crippen LogP contribution in [-0.4, -0.2) is 73.8 Å². The summed E-state index contributed by atoms with van der Waals surface area (Å²) in [6.45, 7) is 4.10. The molecular weight excluding hydrogens is 444 g/mol. The van der Waals surface area contributed by atoms with Gasteiger partial charge in [0.15, 0.2) is 0 Å². The summed E-state index contributed by atoms with van der Waals surface area (Å²) in [5.74, 6) is -0.194. The second kappa shape index (κ2) is 9.98. The Labute approximate surface area is 193 Å². The van der Waals surface area contributed by atoms with E-state index in [9.17, 15) is 18.0 Å². The Hall–Kier alpha value is -2.82. The van der Waals surface area contributed by atoms with Crippen LogP contribution in [0.3, 0.4) is 0 Å². The molecule has 2 amide bonds. The van der Waals surface area contributed by atoms with Crippen molar-refractivity contribution < 1.29 is 22.7 Å². The van der Waals surface area contributed by atoms with Gasteiger partial charge in [-0.1, -0.05) is 6.07 Å². The molecule has 0 bridgehead atoms. The van der Waals surface area contributed by atoms with E-state index < -0.39 is 10.0 Å². The lowest BCUT2D eigenvalue weighted by Gasteiger charge is -2.32. The molecule has 2 saturated heterocycles. The number of hydrogen-bond donors (Lipinski definition) is 1. The summed E-state index contributed by atoms with van der Waals surface area (Å²) in [7, 11) is -3.61. The van der Waals surface area contributed by atoms with Crippen LogP contribution in [0.15, 0.2) is 47.4 Å². The Morgan fingerprint density at radius 1 is 1.06 bits per heavy atom. The van der Waals surface area contributed by atoms with E-state index in [0.717, 1.165) is 5.69 Å². The fourth-order valence-electron chi connectivity index (χ4n) is 4.10. The predicted molar refractivity (Wildman–Crippen MR) is 122 cm³/mol. The molecule has 1 aromatic carbocycles. The number of anilines is 1. The zero-order chi connectivity index (χ0) is 23.4. The monoisotopic (exact) mass is 472 g/mol. The lowest BCUT2D eigenvalue weighted by Crippen LogP contribution is -2.43. The van der Waals surface area contributed by atoms with Crippen LogP contribution in [0.2, 0.25) is 0 Å². The number of nitrogens with zero attached hydrogens (tertiary/aromatic N) is 3. The zero-order valence-electron chi connectivity index (χ0n) is 18.6. The minimum absolute atomic E-state index is 0.155. The number of ether oxygens (including phenoxy) is 1. The third-order valence-electron chi connectivity index (χ3n) is 5.93. The number of aromatic nitrogens is 1. The first-order valence-corrected chi connectivity index (χ1v) is 12.5. The van der Waals surface area contributed by atoms with Crippen LogP contribution in [0.4, 0.5) is 5.82 Å². The van der Waals surface area contributed by atoms with Crippen LogP contribution in [0.5, 0.6) is 0 Å². The van der Waals surface area contributed by atoms with Gasteiger partial charge in [0, 0.05) is 37.4 Å².